The molecular formula is C8H8ClF3N2. The van der Waals surface area contributed by atoms with Crippen LogP contribution in [0.1, 0.15) is 0 Å². The molecule has 0 bridgehead atoms. The fourth-order valence-electron chi connectivity index (χ4n) is 0.737. The van der Waals surface area contributed by atoms with E-state index in [1.54, 1.807) is 18.2 Å². The number of para-hydroxylation sites is 1. The standard InChI is InChI=1S/C8H7F3N2.ClH/c9-8(10,11)7(12)13-6-4-2-1-3-5-6;/h1-5H,(H2,12,13);1H. The largest absolute Gasteiger partial charge is 0.448 e. The third-order valence-electron chi connectivity index (χ3n) is 1.33. The Labute approximate surface area is 85.0 Å². The lowest BCUT2D eigenvalue weighted by Gasteiger charge is -2.09. The van der Waals surface area contributed by atoms with E-state index in [0.717, 1.165) is 0 Å². The molecular weight excluding hydrogens is 217 g/mol. The Morgan fingerprint density at radius 3 is 2.07 bits per heavy atom. The van der Waals surface area contributed by atoms with E-state index in [4.69, 9.17) is 5.41 Å². The van der Waals surface area contributed by atoms with Crippen molar-refractivity contribution in [1.82, 2.24) is 0 Å². The zero-order chi connectivity index (χ0) is 9.90. The zero-order valence-corrected chi connectivity index (χ0v) is 7.75. The normalized spacial score (nSPS) is 10.2. The van der Waals surface area contributed by atoms with Crippen LogP contribution in [-0.2, 0) is 0 Å². The summed E-state index contributed by atoms with van der Waals surface area (Å²) in [6.45, 7) is 0. The summed E-state index contributed by atoms with van der Waals surface area (Å²) in [5.41, 5.74) is 0.254. The molecule has 1 aromatic rings. The maximum atomic E-state index is 11.8. The van der Waals surface area contributed by atoms with Gasteiger partial charge in [0, 0.05) is 5.69 Å². The Morgan fingerprint density at radius 2 is 1.64 bits per heavy atom. The molecule has 0 fully saturated rings. The van der Waals surface area contributed by atoms with Crippen LogP contribution in [0.5, 0.6) is 0 Å². The molecule has 78 valence electrons. The van der Waals surface area contributed by atoms with Crippen molar-refractivity contribution < 1.29 is 13.2 Å². The van der Waals surface area contributed by atoms with Gasteiger partial charge in [0.1, 0.15) is 0 Å². The minimum atomic E-state index is -4.62. The van der Waals surface area contributed by atoms with Crippen molar-refractivity contribution in [2.45, 2.75) is 6.18 Å². The first-order chi connectivity index (χ1) is 6.00. The van der Waals surface area contributed by atoms with E-state index in [2.05, 4.69) is 0 Å². The number of benzene rings is 1. The molecule has 0 aromatic heterocycles. The van der Waals surface area contributed by atoms with Crippen LogP contribution in [0.2, 0.25) is 0 Å². The predicted molar refractivity (Wildman–Crippen MR) is 51.1 cm³/mol. The second-order valence-electron chi connectivity index (χ2n) is 2.36. The van der Waals surface area contributed by atoms with E-state index >= 15 is 0 Å². The van der Waals surface area contributed by atoms with Gasteiger partial charge < -0.3 is 5.32 Å². The smallest absolute Gasteiger partial charge is 0.337 e. The van der Waals surface area contributed by atoms with E-state index in [1.165, 1.54) is 12.1 Å². The molecule has 2 nitrogen and oxygen atoms in total. The second kappa shape index (κ2) is 4.85. The Morgan fingerprint density at radius 1 is 1.14 bits per heavy atom. The molecule has 0 unspecified atom stereocenters. The maximum absolute atomic E-state index is 11.8. The summed E-state index contributed by atoms with van der Waals surface area (Å²) in [5.74, 6) is -1.46. The molecule has 0 heterocycles. The minimum Gasteiger partial charge on any atom is -0.337 e. The quantitative estimate of drug-likeness (QED) is 0.558. The van der Waals surface area contributed by atoms with Gasteiger partial charge in [0.05, 0.1) is 0 Å². The third kappa shape index (κ3) is 3.66. The van der Waals surface area contributed by atoms with Crippen LogP contribution in [0, 0.1) is 5.41 Å². The number of nitrogens with one attached hydrogen (secondary N) is 2. The highest BCUT2D eigenvalue weighted by Crippen LogP contribution is 2.17. The molecule has 0 spiro atoms. The highest BCUT2D eigenvalue weighted by Gasteiger charge is 2.34. The molecule has 14 heavy (non-hydrogen) atoms. The van der Waals surface area contributed by atoms with Gasteiger partial charge in [-0.05, 0) is 12.1 Å². The van der Waals surface area contributed by atoms with Gasteiger partial charge in [-0.3, -0.25) is 5.41 Å². The van der Waals surface area contributed by atoms with E-state index < -0.39 is 12.0 Å². The molecule has 0 radical (unpaired) electrons. The molecule has 0 aliphatic heterocycles. The fraction of sp³-hybridized carbons (Fsp3) is 0.125. The summed E-state index contributed by atoms with van der Waals surface area (Å²) in [5, 5.41) is 8.58. The molecule has 0 amide bonds. The highest BCUT2D eigenvalue weighted by atomic mass is 35.5. The number of hydrogen-bond donors (Lipinski definition) is 2. The van der Waals surface area contributed by atoms with E-state index in [9.17, 15) is 13.2 Å². The van der Waals surface area contributed by atoms with Gasteiger partial charge in [0.2, 0.25) is 5.84 Å². The Balaban J connectivity index is 0.00000169. The van der Waals surface area contributed by atoms with E-state index in [0.29, 0.717) is 0 Å². The van der Waals surface area contributed by atoms with Gasteiger partial charge >= 0.3 is 6.18 Å². The van der Waals surface area contributed by atoms with Gasteiger partial charge in [-0.15, -0.1) is 12.4 Å². The minimum absolute atomic E-state index is 0. The lowest BCUT2D eigenvalue weighted by atomic mass is 10.3. The van der Waals surface area contributed by atoms with Gasteiger partial charge in [0.25, 0.3) is 0 Å². The maximum Gasteiger partial charge on any atom is 0.448 e. The molecule has 0 saturated carbocycles. The molecule has 1 rings (SSSR count). The zero-order valence-electron chi connectivity index (χ0n) is 6.93. The van der Waals surface area contributed by atoms with Crippen LogP contribution in [0.3, 0.4) is 0 Å². The van der Waals surface area contributed by atoms with Crippen molar-refractivity contribution in [3.63, 3.8) is 0 Å². The topological polar surface area (TPSA) is 35.9 Å². The summed E-state index contributed by atoms with van der Waals surface area (Å²) in [6.07, 6.45) is -4.62. The van der Waals surface area contributed by atoms with Crippen LogP contribution < -0.4 is 5.32 Å². The first kappa shape index (κ1) is 12.8. The highest BCUT2D eigenvalue weighted by molar-refractivity contribution is 5.97. The Bertz CT molecular complexity index is 297. The van der Waals surface area contributed by atoms with Crippen molar-refractivity contribution in [2.75, 3.05) is 5.32 Å². The molecule has 6 heteroatoms. The van der Waals surface area contributed by atoms with Crippen molar-refractivity contribution in [2.24, 2.45) is 0 Å². The second-order valence-corrected chi connectivity index (χ2v) is 2.36. The summed E-state index contributed by atoms with van der Waals surface area (Å²) in [4.78, 5) is 0. The van der Waals surface area contributed by atoms with Crippen LogP contribution in [0.25, 0.3) is 0 Å². The van der Waals surface area contributed by atoms with Crippen LogP contribution in [0.15, 0.2) is 30.3 Å². The molecule has 0 aliphatic carbocycles. The average Bonchev–Trinajstić information content (AvgIpc) is 2.04. The van der Waals surface area contributed by atoms with Crippen molar-refractivity contribution in [3.05, 3.63) is 30.3 Å². The molecule has 0 atom stereocenters. The Kier molecular flexibility index (Phi) is 4.43. The van der Waals surface area contributed by atoms with Crippen molar-refractivity contribution >= 4 is 23.9 Å². The van der Waals surface area contributed by atoms with Gasteiger partial charge in [-0.1, -0.05) is 18.2 Å². The summed E-state index contributed by atoms with van der Waals surface area (Å²) < 4.78 is 35.5. The molecule has 0 saturated heterocycles. The summed E-state index contributed by atoms with van der Waals surface area (Å²) >= 11 is 0. The predicted octanol–water partition coefficient (Wildman–Crippen LogP) is 3.06. The number of anilines is 1. The number of halogens is 4. The first-order valence-corrected chi connectivity index (χ1v) is 3.48. The number of rotatable bonds is 1. The van der Waals surface area contributed by atoms with Crippen molar-refractivity contribution in [3.8, 4) is 0 Å². The molecule has 2 N–H and O–H groups in total. The monoisotopic (exact) mass is 224 g/mol. The van der Waals surface area contributed by atoms with E-state index in [-0.39, 0.29) is 18.1 Å². The Hall–Kier alpha value is -1.23. The molecule has 1 aromatic carbocycles. The lowest BCUT2D eigenvalue weighted by molar-refractivity contribution is -0.0594. The molecule has 0 aliphatic rings. The lowest BCUT2D eigenvalue weighted by Crippen LogP contribution is -2.29. The number of hydrogen-bond acceptors (Lipinski definition) is 1. The first-order valence-electron chi connectivity index (χ1n) is 3.48. The van der Waals surface area contributed by atoms with Crippen LogP contribution in [-0.4, -0.2) is 12.0 Å². The average molecular weight is 225 g/mol. The summed E-state index contributed by atoms with van der Waals surface area (Å²) in [6, 6.07) is 7.78. The van der Waals surface area contributed by atoms with E-state index in [1.807, 2.05) is 5.32 Å². The third-order valence-corrected chi connectivity index (χ3v) is 1.33. The van der Waals surface area contributed by atoms with Gasteiger partial charge in [-0.2, -0.15) is 13.2 Å². The fourth-order valence-corrected chi connectivity index (χ4v) is 0.737. The van der Waals surface area contributed by atoms with Crippen molar-refractivity contribution in [1.29, 1.82) is 5.41 Å². The van der Waals surface area contributed by atoms with Crippen LogP contribution >= 0.6 is 12.4 Å². The SMILES string of the molecule is Cl.N=C(Nc1ccccc1)C(F)(F)F. The number of amidine groups is 1. The van der Waals surface area contributed by atoms with Crippen LogP contribution in [0.4, 0.5) is 18.9 Å². The number of alkyl halides is 3. The summed E-state index contributed by atoms with van der Waals surface area (Å²) in [7, 11) is 0. The van der Waals surface area contributed by atoms with Gasteiger partial charge in [0.15, 0.2) is 0 Å². The van der Waals surface area contributed by atoms with Gasteiger partial charge in [-0.25, -0.2) is 0 Å².